The van der Waals surface area contributed by atoms with Crippen molar-refractivity contribution in [2.75, 3.05) is 6.54 Å². The first-order chi connectivity index (χ1) is 11.2. The van der Waals surface area contributed by atoms with Crippen LogP contribution < -0.4 is 5.32 Å². The molecule has 2 fully saturated rings. The predicted molar refractivity (Wildman–Crippen MR) is 94.8 cm³/mol. The minimum absolute atomic E-state index is 0.124. The Bertz CT molecular complexity index is 511. The Kier molecular flexibility index (Phi) is 5.82. The number of hydrogen-bond donors (Lipinski definition) is 1. The van der Waals surface area contributed by atoms with E-state index in [0.717, 1.165) is 37.3 Å². The third kappa shape index (κ3) is 4.41. The number of nitrogens with one attached hydrogen (secondary N) is 1. The van der Waals surface area contributed by atoms with Crippen molar-refractivity contribution in [3.63, 3.8) is 0 Å². The van der Waals surface area contributed by atoms with Gasteiger partial charge in [-0.1, -0.05) is 55.8 Å². The molecule has 0 aromatic heterocycles. The second-order valence-corrected chi connectivity index (χ2v) is 7.33. The van der Waals surface area contributed by atoms with Gasteiger partial charge in [-0.2, -0.15) is 0 Å². The van der Waals surface area contributed by atoms with Gasteiger partial charge in [0.25, 0.3) is 0 Å². The Hall–Kier alpha value is -1.22. The van der Waals surface area contributed by atoms with E-state index in [9.17, 15) is 4.79 Å². The van der Waals surface area contributed by atoms with E-state index in [1.807, 2.05) is 12.1 Å². The molecule has 1 aromatic rings. The van der Waals surface area contributed by atoms with Crippen LogP contribution in [-0.2, 0) is 0 Å². The molecule has 1 saturated carbocycles. The maximum absolute atomic E-state index is 12.9. The highest BCUT2D eigenvalue weighted by atomic mass is 35.5. The summed E-state index contributed by atoms with van der Waals surface area (Å²) in [5.41, 5.74) is 1.20. The molecule has 1 saturated heterocycles. The quantitative estimate of drug-likeness (QED) is 0.782. The normalized spacial score (nSPS) is 23.3. The third-order valence-corrected chi connectivity index (χ3v) is 5.45. The first kappa shape index (κ1) is 16.6. The summed E-state index contributed by atoms with van der Waals surface area (Å²) in [6.45, 7) is 0.853. The number of benzene rings is 1. The van der Waals surface area contributed by atoms with E-state index in [-0.39, 0.29) is 12.1 Å². The molecule has 2 amide bonds. The molecule has 1 aliphatic heterocycles. The molecular formula is C19H27ClN2O. The lowest BCUT2D eigenvalue weighted by molar-refractivity contribution is 0.169. The Morgan fingerprint density at radius 2 is 1.61 bits per heavy atom. The topological polar surface area (TPSA) is 32.3 Å². The number of rotatable bonds is 2. The molecule has 3 rings (SSSR count). The average Bonchev–Trinajstić information content (AvgIpc) is 2.82. The van der Waals surface area contributed by atoms with Gasteiger partial charge in [0.1, 0.15) is 0 Å². The number of urea groups is 1. The predicted octanol–water partition coefficient (Wildman–Crippen LogP) is 5.30. The summed E-state index contributed by atoms with van der Waals surface area (Å²) in [5.74, 6) is 0. The maximum atomic E-state index is 12.9. The Morgan fingerprint density at radius 1 is 0.957 bits per heavy atom. The van der Waals surface area contributed by atoms with Crippen LogP contribution in [0.25, 0.3) is 0 Å². The van der Waals surface area contributed by atoms with Crippen molar-refractivity contribution in [3.05, 3.63) is 34.9 Å². The molecule has 1 heterocycles. The molecule has 0 bridgehead atoms. The summed E-state index contributed by atoms with van der Waals surface area (Å²) in [4.78, 5) is 14.9. The zero-order valence-electron chi connectivity index (χ0n) is 13.8. The Labute approximate surface area is 144 Å². The van der Waals surface area contributed by atoms with Gasteiger partial charge >= 0.3 is 6.03 Å². The van der Waals surface area contributed by atoms with Crippen molar-refractivity contribution < 1.29 is 4.79 Å². The van der Waals surface area contributed by atoms with E-state index in [0.29, 0.717) is 6.04 Å². The molecule has 0 unspecified atom stereocenters. The fraction of sp³-hybridized carbons (Fsp3) is 0.632. The molecule has 126 valence electrons. The fourth-order valence-corrected chi connectivity index (χ4v) is 4.01. The molecule has 0 radical (unpaired) electrons. The van der Waals surface area contributed by atoms with Gasteiger partial charge in [-0.05, 0) is 43.4 Å². The van der Waals surface area contributed by atoms with Crippen molar-refractivity contribution in [1.82, 2.24) is 10.2 Å². The van der Waals surface area contributed by atoms with Gasteiger partial charge in [-0.25, -0.2) is 4.79 Å². The molecule has 3 nitrogen and oxygen atoms in total. The van der Waals surface area contributed by atoms with Crippen molar-refractivity contribution in [3.8, 4) is 0 Å². The summed E-state index contributed by atoms with van der Waals surface area (Å²) < 4.78 is 0. The number of halogens is 1. The van der Waals surface area contributed by atoms with E-state index in [2.05, 4.69) is 22.3 Å². The van der Waals surface area contributed by atoms with Gasteiger partial charge in [0.15, 0.2) is 0 Å². The standard InChI is InChI=1S/C19H27ClN2O/c20-16-12-10-15(11-13-16)18-9-5-2-6-14-22(18)19(23)21-17-7-3-1-4-8-17/h10-13,17-18H,1-9,14H2,(H,21,23)/t18-/m1/s1. The molecular weight excluding hydrogens is 308 g/mol. The van der Waals surface area contributed by atoms with Gasteiger partial charge in [0, 0.05) is 17.6 Å². The van der Waals surface area contributed by atoms with Crippen molar-refractivity contribution in [2.45, 2.75) is 69.9 Å². The number of carbonyl (C=O) groups is 1. The van der Waals surface area contributed by atoms with Gasteiger partial charge in [0.2, 0.25) is 0 Å². The van der Waals surface area contributed by atoms with Gasteiger partial charge < -0.3 is 10.2 Å². The minimum Gasteiger partial charge on any atom is -0.335 e. The zero-order valence-corrected chi connectivity index (χ0v) is 14.5. The fourth-order valence-electron chi connectivity index (χ4n) is 3.89. The second kappa shape index (κ2) is 8.05. The summed E-state index contributed by atoms with van der Waals surface area (Å²) in [5, 5.41) is 4.04. The van der Waals surface area contributed by atoms with Gasteiger partial charge in [-0.15, -0.1) is 0 Å². The molecule has 4 heteroatoms. The lowest BCUT2D eigenvalue weighted by Crippen LogP contribution is -2.46. The number of amides is 2. The average molecular weight is 335 g/mol. The first-order valence-electron chi connectivity index (χ1n) is 9.06. The lowest BCUT2D eigenvalue weighted by Gasteiger charge is -2.33. The summed E-state index contributed by atoms with van der Waals surface area (Å²) in [6, 6.07) is 8.67. The van der Waals surface area contributed by atoms with Crippen LogP contribution in [0.2, 0.25) is 5.02 Å². The van der Waals surface area contributed by atoms with Crippen LogP contribution in [0.15, 0.2) is 24.3 Å². The summed E-state index contributed by atoms with van der Waals surface area (Å²) in [7, 11) is 0. The number of nitrogens with zero attached hydrogens (tertiary/aromatic N) is 1. The van der Waals surface area contributed by atoms with Crippen molar-refractivity contribution in [1.29, 1.82) is 0 Å². The van der Waals surface area contributed by atoms with Gasteiger partial charge in [0.05, 0.1) is 6.04 Å². The number of carbonyl (C=O) groups excluding carboxylic acids is 1. The number of likely N-dealkylation sites (tertiary alicyclic amines) is 1. The molecule has 2 aliphatic rings. The molecule has 1 aliphatic carbocycles. The first-order valence-corrected chi connectivity index (χ1v) is 9.44. The second-order valence-electron chi connectivity index (χ2n) is 6.89. The van der Waals surface area contributed by atoms with Crippen LogP contribution in [0, 0.1) is 0 Å². The highest BCUT2D eigenvalue weighted by molar-refractivity contribution is 6.30. The molecule has 0 spiro atoms. The van der Waals surface area contributed by atoms with Crippen LogP contribution in [0.5, 0.6) is 0 Å². The van der Waals surface area contributed by atoms with E-state index in [1.54, 1.807) is 0 Å². The zero-order chi connectivity index (χ0) is 16.1. The Balaban J connectivity index is 1.72. The highest BCUT2D eigenvalue weighted by Crippen LogP contribution is 2.31. The van der Waals surface area contributed by atoms with E-state index < -0.39 is 0 Å². The monoisotopic (exact) mass is 334 g/mol. The van der Waals surface area contributed by atoms with Crippen LogP contribution in [0.3, 0.4) is 0 Å². The Morgan fingerprint density at radius 3 is 2.35 bits per heavy atom. The molecule has 1 aromatic carbocycles. The summed E-state index contributed by atoms with van der Waals surface area (Å²) >= 11 is 6.02. The van der Waals surface area contributed by atoms with E-state index in [1.165, 1.54) is 37.7 Å². The van der Waals surface area contributed by atoms with E-state index >= 15 is 0 Å². The smallest absolute Gasteiger partial charge is 0.318 e. The van der Waals surface area contributed by atoms with Gasteiger partial charge in [-0.3, -0.25) is 0 Å². The third-order valence-electron chi connectivity index (χ3n) is 5.20. The summed E-state index contributed by atoms with van der Waals surface area (Å²) in [6.07, 6.45) is 10.6. The van der Waals surface area contributed by atoms with Crippen LogP contribution in [-0.4, -0.2) is 23.5 Å². The van der Waals surface area contributed by atoms with E-state index in [4.69, 9.17) is 11.6 Å². The maximum Gasteiger partial charge on any atom is 0.318 e. The van der Waals surface area contributed by atoms with Crippen LogP contribution >= 0.6 is 11.6 Å². The molecule has 1 N–H and O–H groups in total. The molecule has 1 atom stereocenters. The largest absolute Gasteiger partial charge is 0.335 e. The van der Waals surface area contributed by atoms with Crippen molar-refractivity contribution in [2.24, 2.45) is 0 Å². The molecule has 23 heavy (non-hydrogen) atoms. The highest BCUT2D eigenvalue weighted by Gasteiger charge is 2.28. The number of hydrogen-bond acceptors (Lipinski definition) is 1. The van der Waals surface area contributed by atoms with Crippen molar-refractivity contribution >= 4 is 17.6 Å². The van der Waals surface area contributed by atoms with Crippen LogP contribution in [0.4, 0.5) is 4.79 Å². The minimum atomic E-state index is 0.124. The lowest BCUT2D eigenvalue weighted by atomic mass is 9.95. The van der Waals surface area contributed by atoms with Crippen LogP contribution in [0.1, 0.15) is 69.4 Å². The SMILES string of the molecule is O=C(NC1CCCCC1)N1CCCCC[C@@H]1c1ccc(Cl)cc1.